The molecule has 24 heavy (non-hydrogen) atoms. The largest absolute Gasteiger partial charge is 0.341 e. The van der Waals surface area contributed by atoms with Crippen molar-refractivity contribution in [2.45, 2.75) is 65.0 Å². The van der Waals surface area contributed by atoms with Crippen molar-refractivity contribution in [3.63, 3.8) is 0 Å². The SMILES string of the molecule is CC(C)(C)CN1CCCC(N2CCCC(n3ccnn3)CC2)C1=O. The summed E-state index contributed by atoms with van der Waals surface area (Å²) < 4.78 is 1.98. The minimum Gasteiger partial charge on any atom is -0.341 e. The Morgan fingerprint density at radius 1 is 1.12 bits per heavy atom. The number of rotatable bonds is 3. The first kappa shape index (κ1) is 17.4. The minimum atomic E-state index is 0.0793. The Balaban J connectivity index is 1.62. The van der Waals surface area contributed by atoms with Crippen LogP contribution in [0.4, 0.5) is 0 Å². The Morgan fingerprint density at radius 2 is 1.92 bits per heavy atom. The Hall–Kier alpha value is -1.43. The average molecular weight is 333 g/mol. The molecular formula is C18H31N5O. The number of piperidine rings is 1. The van der Waals surface area contributed by atoms with Crippen molar-refractivity contribution in [1.82, 2.24) is 24.8 Å². The number of carbonyl (C=O) groups is 1. The number of hydrogen-bond acceptors (Lipinski definition) is 4. The molecule has 0 spiro atoms. The van der Waals surface area contributed by atoms with Gasteiger partial charge in [0.05, 0.1) is 18.3 Å². The predicted molar refractivity (Wildman–Crippen MR) is 93.5 cm³/mol. The van der Waals surface area contributed by atoms with E-state index in [2.05, 4.69) is 40.9 Å². The van der Waals surface area contributed by atoms with Gasteiger partial charge in [-0.2, -0.15) is 0 Å². The summed E-state index contributed by atoms with van der Waals surface area (Å²) in [5.41, 5.74) is 0.161. The lowest BCUT2D eigenvalue weighted by Crippen LogP contribution is -2.54. The van der Waals surface area contributed by atoms with Gasteiger partial charge in [-0.25, -0.2) is 4.68 Å². The van der Waals surface area contributed by atoms with E-state index < -0.39 is 0 Å². The predicted octanol–water partition coefficient (Wildman–Crippen LogP) is 2.34. The molecule has 2 atom stereocenters. The van der Waals surface area contributed by atoms with E-state index in [9.17, 15) is 4.79 Å². The third-order valence-corrected chi connectivity index (χ3v) is 5.16. The van der Waals surface area contributed by atoms with Crippen LogP contribution in [-0.2, 0) is 4.79 Å². The maximum Gasteiger partial charge on any atom is 0.239 e. The quantitative estimate of drug-likeness (QED) is 0.852. The van der Waals surface area contributed by atoms with Crippen LogP contribution in [0.5, 0.6) is 0 Å². The Morgan fingerprint density at radius 3 is 2.62 bits per heavy atom. The Kier molecular flexibility index (Phi) is 5.23. The van der Waals surface area contributed by atoms with E-state index >= 15 is 0 Å². The van der Waals surface area contributed by atoms with E-state index in [0.29, 0.717) is 11.9 Å². The number of amides is 1. The molecule has 1 aromatic rings. The molecule has 0 bridgehead atoms. The van der Waals surface area contributed by atoms with E-state index in [1.165, 1.54) is 0 Å². The smallest absolute Gasteiger partial charge is 0.239 e. The number of hydrogen-bond donors (Lipinski definition) is 0. The van der Waals surface area contributed by atoms with Gasteiger partial charge in [0.25, 0.3) is 0 Å². The van der Waals surface area contributed by atoms with E-state index in [-0.39, 0.29) is 11.5 Å². The molecule has 6 heteroatoms. The van der Waals surface area contributed by atoms with Gasteiger partial charge in [-0.3, -0.25) is 9.69 Å². The first-order valence-electron chi connectivity index (χ1n) is 9.33. The summed E-state index contributed by atoms with van der Waals surface area (Å²) in [6, 6.07) is 0.498. The lowest BCUT2D eigenvalue weighted by atomic mass is 9.93. The van der Waals surface area contributed by atoms with Gasteiger partial charge in [-0.05, 0) is 44.1 Å². The zero-order valence-corrected chi connectivity index (χ0v) is 15.3. The normalized spacial score (nSPS) is 27.3. The lowest BCUT2D eigenvalue weighted by molar-refractivity contribution is -0.141. The number of nitrogens with zero attached hydrogens (tertiary/aromatic N) is 5. The van der Waals surface area contributed by atoms with Crippen LogP contribution in [0.25, 0.3) is 0 Å². The zero-order valence-electron chi connectivity index (χ0n) is 15.3. The maximum atomic E-state index is 13.0. The van der Waals surface area contributed by atoms with E-state index in [1.54, 1.807) is 6.20 Å². The van der Waals surface area contributed by atoms with Gasteiger partial charge in [0, 0.05) is 25.8 Å². The highest BCUT2D eigenvalue weighted by Gasteiger charge is 2.35. The molecule has 2 aliphatic rings. The molecule has 0 aliphatic carbocycles. The Bertz CT molecular complexity index is 536. The van der Waals surface area contributed by atoms with Gasteiger partial charge in [-0.15, -0.1) is 5.10 Å². The average Bonchev–Trinajstić information content (AvgIpc) is 2.94. The van der Waals surface area contributed by atoms with Crippen molar-refractivity contribution in [1.29, 1.82) is 0 Å². The summed E-state index contributed by atoms with van der Waals surface area (Å²) in [4.78, 5) is 17.5. The second kappa shape index (κ2) is 7.21. The fraction of sp³-hybridized carbons (Fsp3) is 0.833. The van der Waals surface area contributed by atoms with E-state index in [1.807, 2.05) is 10.9 Å². The summed E-state index contributed by atoms with van der Waals surface area (Å²) >= 11 is 0. The summed E-state index contributed by atoms with van der Waals surface area (Å²) in [5, 5.41) is 8.09. The fourth-order valence-electron chi connectivity index (χ4n) is 4.08. The highest BCUT2D eigenvalue weighted by Crippen LogP contribution is 2.27. The van der Waals surface area contributed by atoms with E-state index in [0.717, 1.165) is 58.3 Å². The molecule has 1 amide bonds. The Labute approximate surface area is 145 Å². The first-order chi connectivity index (χ1) is 11.4. The van der Waals surface area contributed by atoms with Crippen LogP contribution in [0.1, 0.15) is 58.9 Å². The molecule has 2 aliphatic heterocycles. The van der Waals surface area contributed by atoms with Gasteiger partial charge < -0.3 is 4.90 Å². The third kappa shape index (κ3) is 4.15. The van der Waals surface area contributed by atoms with Gasteiger partial charge >= 0.3 is 0 Å². The standard InChI is InChI=1S/C18H31N5O/c1-18(2,3)14-22-11-5-7-16(17(22)24)21-10-4-6-15(8-12-21)23-13-9-19-20-23/h9,13,15-16H,4-8,10-12,14H2,1-3H3. The molecule has 0 radical (unpaired) electrons. The second-order valence-electron chi connectivity index (χ2n) is 8.48. The summed E-state index contributed by atoms with van der Waals surface area (Å²) in [7, 11) is 0. The molecule has 134 valence electrons. The van der Waals surface area contributed by atoms with Gasteiger partial charge in [0.15, 0.2) is 0 Å². The lowest BCUT2D eigenvalue weighted by Gasteiger charge is -2.40. The minimum absolute atomic E-state index is 0.0793. The van der Waals surface area contributed by atoms with Crippen molar-refractivity contribution in [2.75, 3.05) is 26.2 Å². The fourth-order valence-corrected chi connectivity index (χ4v) is 4.08. The molecule has 2 fully saturated rings. The molecule has 3 rings (SSSR count). The van der Waals surface area contributed by atoms with Crippen molar-refractivity contribution in [2.24, 2.45) is 5.41 Å². The highest BCUT2D eigenvalue weighted by molar-refractivity contribution is 5.82. The van der Waals surface area contributed by atoms with Gasteiger partial charge in [-0.1, -0.05) is 26.0 Å². The van der Waals surface area contributed by atoms with Crippen molar-refractivity contribution in [3.8, 4) is 0 Å². The topological polar surface area (TPSA) is 54.3 Å². The van der Waals surface area contributed by atoms with E-state index in [4.69, 9.17) is 0 Å². The van der Waals surface area contributed by atoms with Crippen LogP contribution < -0.4 is 0 Å². The molecule has 2 unspecified atom stereocenters. The molecule has 0 aromatic carbocycles. The van der Waals surface area contributed by atoms with Crippen LogP contribution in [0.3, 0.4) is 0 Å². The molecule has 1 aromatic heterocycles. The summed E-state index contributed by atoms with van der Waals surface area (Å²) in [6.07, 6.45) is 9.12. The third-order valence-electron chi connectivity index (χ3n) is 5.16. The van der Waals surface area contributed by atoms with Crippen molar-refractivity contribution >= 4 is 5.91 Å². The number of carbonyl (C=O) groups excluding carboxylic acids is 1. The molecular weight excluding hydrogens is 302 g/mol. The number of aromatic nitrogens is 3. The first-order valence-corrected chi connectivity index (χ1v) is 9.33. The maximum absolute atomic E-state index is 13.0. The van der Waals surface area contributed by atoms with Crippen LogP contribution >= 0.6 is 0 Å². The van der Waals surface area contributed by atoms with Crippen molar-refractivity contribution in [3.05, 3.63) is 12.4 Å². The number of likely N-dealkylation sites (tertiary alicyclic amines) is 2. The molecule has 0 saturated carbocycles. The van der Waals surface area contributed by atoms with Crippen LogP contribution in [0.2, 0.25) is 0 Å². The van der Waals surface area contributed by atoms with Gasteiger partial charge in [0.2, 0.25) is 5.91 Å². The van der Waals surface area contributed by atoms with Crippen molar-refractivity contribution < 1.29 is 4.79 Å². The second-order valence-corrected chi connectivity index (χ2v) is 8.48. The van der Waals surface area contributed by atoms with Crippen LogP contribution in [0, 0.1) is 5.41 Å². The zero-order chi connectivity index (χ0) is 17.2. The highest BCUT2D eigenvalue weighted by atomic mass is 16.2. The summed E-state index contributed by atoms with van der Waals surface area (Å²) in [6.45, 7) is 10.4. The van der Waals surface area contributed by atoms with Crippen LogP contribution in [0.15, 0.2) is 12.4 Å². The van der Waals surface area contributed by atoms with Gasteiger partial charge in [0.1, 0.15) is 0 Å². The van der Waals surface area contributed by atoms with Crippen LogP contribution in [-0.4, -0.2) is 62.9 Å². The molecule has 3 heterocycles. The molecule has 0 N–H and O–H groups in total. The summed E-state index contributed by atoms with van der Waals surface area (Å²) in [5.74, 6) is 0.343. The molecule has 6 nitrogen and oxygen atoms in total. The molecule has 2 saturated heterocycles. The monoisotopic (exact) mass is 333 g/mol.